The summed E-state index contributed by atoms with van der Waals surface area (Å²) in [7, 11) is 3.52. The van der Waals surface area contributed by atoms with E-state index < -0.39 is 0 Å². The summed E-state index contributed by atoms with van der Waals surface area (Å²) in [6.45, 7) is 7.90. The first-order valence-corrected chi connectivity index (χ1v) is 10.0. The fourth-order valence-electron chi connectivity index (χ4n) is 3.26. The Morgan fingerprint density at radius 2 is 1.93 bits per heavy atom. The molecule has 1 heterocycles. The lowest BCUT2D eigenvalue weighted by Crippen LogP contribution is -2.49. The lowest BCUT2D eigenvalue weighted by atomic mass is 10.0. The Balaban J connectivity index is 1.99. The van der Waals surface area contributed by atoms with E-state index in [9.17, 15) is 4.79 Å². The van der Waals surface area contributed by atoms with E-state index in [0.717, 1.165) is 31.9 Å². The first-order chi connectivity index (χ1) is 13.0. The van der Waals surface area contributed by atoms with Crippen LogP contribution in [0.1, 0.15) is 44.7 Å². The Kier molecular flexibility index (Phi) is 8.58. The number of aliphatic imine (C=N–C) groups is 1. The van der Waals surface area contributed by atoms with Gasteiger partial charge in [0.25, 0.3) is 0 Å². The summed E-state index contributed by atoms with van der Waals surface area (Å²) in [6, 6.07) is 10.8. The van der Waals surface area contributed by atoms with E-state index in [4.69, 9.17) is 0 Å². The number of likely N-dealkylation sites (N-methyl/N-ethyl adjacent to an activating group) is 1. The molecule has 150 valence electrons. The number of carbonyl (C=O) groups excluding carboxylic acids is 1. The van der Waals surface area contributed by atoms with Gasteiger partial charge < -0.3 is 20.4 Å². The molecular weight excluding hydrogens is 338 g/mol. The molecule has 0 aromatic heterocycles. The number of hydrogen-bond acceptors (Lipinski definition) is 3. The minimum Gasteiger partial charge on any atom is -0.354 e. The molecule has 1 saturated heterocycles. The van der Waals surface area contributed by atoms with Gasteiger partial charge in [-0.25, -0.2) is 4.99 Å². The number of amides is 1. The second kappa shape index (κ2) is 10.9. The topological polar surface area (TPSA) is 60.0 Å². The first-order valence-electron chi connectivity index (χ1n) is 10.0. The van der Waals surface area contributed by atoms with Crippen molar-refractivity contribution < 1.29 is 4.79 Å². The van der Waals surface area contributed by atoms with Crippen molar-refractivity contribution in [2.45, 2.75) is 45.2 Å². The fraction of sp³-hybridized carbons (Fsp3) is 0.619. The van der Waals surface area contributed by atoms with Gasteiger partial charge in [0.1, 0.15) is 6.54 Å². The summed E-state index contributed by atoms with van der Waals surface area (Å²) in [5.41, 5.74) is 1.20. The molecule has 1 aromatic carbocycles. The average Bonchev–Trinajstić information content (AvgIpc) is 2.68. The maximum Gasteiger partial charge on any atom is 0.243 e. The molecule has 0 bridgehead atoms. The van der Waals surface area contributed by atoms with Gasteiger partial charge in [-0.15, -0.1) is 0 Å². The largest absolute Gasteiger partial charge is 0.354 e. The molecule has 1 amide bonds. The molecule has 1 fully saturated rings. The van der Waals surface area contributed by atoms with E-state index >= 15 is 0 Å². The Hall–Kier alpha value is -2.08. The highest BCUT2D eigenvalue weighted by Gasteiger charge is 2.20. The number of rotatable bonds is 7. The van der Waals surface area contributed by atoms with Gasteiger partial charge in [0, 0.05) is 33.2 Å². The summed E-state index contributed by atoms with van der Waals surface area (Å²) in [4.78, 5) is 20.6. The van der Waals surface area contributed by atoms with Crippen LogP contribution in [0, 0.1) is 0 Å². The van der Waals surface area contributed by atoms with Gasteiger partial charge >= 0.3 is 0 Å². The molecule has 1 unspecified atom stereocenters. The molecule has 1 aliphatic rings. The number of piperidine rings is 1. The molecule has 0 radical (unpaired) electrons. The minimum absolute atomic E-state index is 0.00114. The fourth-order valence-corrected chi connectivity index (χ4v) is 3.26. The van der Waals surface area contributed by atoms with E-state index in [2.05, 4.69) is 46.5 Å². The number of benzene rings is 1. The van der Waals surface area contributed by atoms with Crippen molar-refractivity contribution in [1.82, 2.24) is 20.4 Å². The standard InChI is InChI=1S/C21H35N5O/c1-5-13-26-14-11-19(12-15-26)24-21(22-16-20(27)25(3)4)23-17(2)18-9-7-6-8-10-18/h6-10,17,19H,5,11-16H2,1-4H3,(H2,22,23,24). The molecule has 1 atom stereocenters. The molecule has 1 aromatic rings. The summed E-state index contributed by atoms with van der Waals surface area (Å²) in [5.74, 6) is 0.719. The smallest absolute Gasteiger partial charge is 0.243 e. The van der Waals surface area contributed by atoms with Crippen molar-refractivity contribution in [3.05, 3.63) is 35.9 Å². The molecule has 2 N–H and O–H groups in total. The van der Waals surface area contributed by atoms with Gasteiger partial charge in [-0.2, -0.15) is 0 Å². The third-order valence-electron chi connectivity index (χ3n) is 4.99. The van der Waals surface area contributed by atoms with E-state index in [1.54, 1.807) is 19.0 Å². The molecule has 1 aliphatic heterocycles. The van der Waals surface area contributed by atoms with Crippen LogP contribution in [0.25, 0.3) is 0 Å². The van der Waals surface area contributed by atoms with Crippen LogP contribution in [0.2, 0.25) is 0 Å². The quantitative estimate of drug-likeness (QED) is 0.568. The van der Waals surface area contributed by atoms with Crippen molar-refractivity contribution in [2.24, 2.45) is 4.99 Å². The molecule has 27 heavy (non-hydrogen) atoms. The number of likely N-dealkylation sites (tertiary alicyclic amines) is 1. The van der Waals surface area contributed by atoms with Crippen LogP contribution in [0.5, 0.6) is 0 Å². The van der Waals surface area contributed by atoms with Crippen LogP contribution in [0.15, 0.2) is 35.3 Å². The monoisotopic (exact) mass is 373 g/mol. The molecule has 2 rings (SSSR count). The van der Waals surface area contributed by atoms with E-state index in [1.807, 2.05) is 18.2 Å². The van der Waals surface area contributed by atoms with E-state index in [0.29, 0.717) is 6.04 Å². The molecule has 0 saturated carbocycles. The van der Waals surface area contributed by atoms with Gasteiger partial charge in [-0.05, 0) is 38.3 Å². The zero-order valence-corrected chi connectivity index (χ0v) is 17.2. The molecule has 6 nitrogen and oxygen atoms in total. The third kappa shape index (κ3) is 7.21. The highest BCUT2D eigenvalue weighted by molar-refractivity contribution is 5.85. The van der Waals surface area contributed by atoms with Crippen LogP contribution in [-0.4, -0.2) is 68.0 Å². The number of hydrogen-bond donors (Lipinski definition) is 2. The van der Waals surface area contributed by atoms with E-state index in [-0.39, 0.29) is 18.5 Å². The molecular formula is C21H35N5O. The SMILES string of the molecule is CCCN1CCC(NC(=NCC(=O)N(C)C)NC(C)c2ccccc2)CC1. The van der Waals surface area contributed by atoms with Gasteiger partial charge in [0.2, 0.25) is 5.91 Å². The maximum atomic E-state index is 12.0. The number of guanidine groups is 1. The zero-order valence-electron chi connectivity index (χ0n) is 17.2. The second-order valence-electron chi connectivity index (χ2n) is 7.49. The highest BCUT2D eigenvalue weighted by atomic mass is 16.2. The Morgan fingerprint density at radius 1 is 1.26 bits per heavy atom. The number of carbonyl (C=O) groups is 1. The summed E-state index contributed by atoms with van der Waals surface area (Å²) in [6.07, 6.45) is 3.40. The van der Waals surface area contributed by atoms with Gasteiger partial charge in [-0.1, -0.05) is 37.3 Å². The predicted octanol–water partition coefficient (Wildman–Crippen LogP) is 2.25. The minimum atomic E-state index is 0.00114. The Morgan fingerprint density at radius 3 is 2.52 bits per heavy atom. The maximum absolute atomic E-state index is 12.0. The lowest BCUT2D eigenvalue weighted by molar-refractivity contribution is -0.127. The number of nitrogens with zero attached hydrogens (tertiary/aromatic N) is 3. The van der Waals surface area contributed by atoms with Crippen molar-refractivity contribution in [3.8, 4) is 0 Å². The van der Waals surface area contributed by atoms with E-state index in [1.165, 1.54) is 18.5 Å². The summed E-state index contributed by atoms with van der Waals surface area (Å²) in [5, 5.41) is 7.02. The molecule has 0 aliphatic carbocycles. The van der Waals surface area contributed by atoms with Gasteiger partial charge in [0.05, 0.1) is 6.04 Å². The van der Waals surface area contributed by atoms with Crippen molar-refractivity contribution in [3.63, 3.8) is 0 Å². The van der Waals surface area contributed by atoms with Crippen molar-refractivity contribution >= 4 is 11.9 Å². The second-order valence-corrected chi connectivity index (χ2v) is 7.49. The zero-order chi connectivity index (χ0) is 19.6. The Bertz CT molecular complexity index is 594. The van der Waals surface area contributed by atoms with Crippen LogP contribution in [-0.2, 0) is 4.79 Å². The summed E-state index contributed by atoms with van der Waals surface area (Å²) >= 11 is 0. The average molecular weight is 374 g/mol. The summed E-state index contributed by atoms with van der Waals surface area (Å²) < 4.78 is 0. The van der Waals surface area contributed by atoms with Crippen LogP contribution in [0.3, 0.4) is 0 Å². The van der Waals surface area contributed by atoms with Crippen LogP contribution < -0.4 is 10.6 Å². The van der Waals surface area contributed by atoms with Crippen molar-refractivity contribution in [2.75, 3.05) is 40.3 Å². The molecule has 6 heteroatoms. The third-order valence-corrected chi connectivity index (χ3v) is 4.99. The van der Waals surface area contributed by atoms with Crippen molar-refractivity contribution in [1.29, 1.82) is 0 Å². The van der Waals surface area contributed by atoms with Gasteiger partial charge in [-0.3, -0.25) is 4.79 Å². The van der Waals surface area contributed by atoms with Crippen LogP contribution in [0.4, 0.5) is 0 Å². The highest BCUT2D eigenvalue weighted by Crippen LogP contribution is 2.13. The lowest BCUT2D eigenvalue weighted by Gasteiger charge is -2.33. The predicted molar refractivity (Wildman–Crippen MR) is 112 cm³/mol. The van der Waals surface area contributed by atoms with Crippen LogP contribution >= 0.6 is 0 Å². The first kappa shape index (κ1) is 21.2. The Labute approximate surface area is 164 Å². The molecule has 0 spiro atoms. The van der Waals surface area contributed by atoms with Gasteiger partial charge in [0.15, 0.2) is 5.96 Å². The number of nitrogens with one attached hydrogen (secondary N) is 2. The normalized spacial score (nSPS) is 17.4.